The minimum Gasteiger partial charge on any atom is -0.342 e. The first kappa shape index (κ1) is 11.0. The van der Waals surface area contributed by atoms with Crippen LogP contribution < -0.4 is 0 Å². The van der Waals surface area contributed by atoms with Gasteiger partial charge in [-0.1, -0.05) is 6.92 Å². The zero-order chi connectivity index (χ0) is 10.6. The van der Waals surface area contributed by atoms with Crippen molar-refractivity contribution in [2.24, 2.45) is 0 Å². The molecule has 4 heteroatoms. The maximum Gasteiger partial charge on any atom is 0.236 e. The lowest BCUT2D eigenvalue weighted by atomic mass is 10.4. The van der Waals surface area contributed by atoms with Crippen LogP contribution in [-0.2, 0) is 4.79 Å². The zero-order valence-electron chi connectivity index (χ0n) is 8.86. The normalized spacial score (nSPS) is 15.3. The molecule has 0 aromatic carbocycles. The van der Waals surface area contributed by atoms with E-state index in [9.17, 15) is 4.79 Å². The van der Waals surface area contributed by atoms with Gasteiger partial charge in [-0.3, -0.25) is 9.69 Å². The summed E-state index contributed by atoms with van der Waals surface area (Å²) < 4.78 is 0. The standard InChI is InChI=1S/C10H17N3O/c1-3-13(7-6-11)8-10(14)12(2)9-4-5-9/h9H,3-5,7-8H2,1-2H3. The molecule has 0 atom stereocenters. The highest BCUT2D eigenvalue weighted by molar-refractivity contribution is 5.78. The number of carbonyl (C=O) groups excluding carboxylic acids is 1. The van der Waals surface area contributed by atoms with Gasteiger partial charge < -0.3 is 4.90 Å². The van der Waals surface area contributed by atoms with Gasteiger partial charge in [-0.15, -0.1) is 0 Å². The zero-order valence-corrected chi connectivity index (χ0v) is 8.86. The second kappa shape index (κ2) is 4.97. The van der Waals surface area contributed by atoms with E-state index in [1.165, 1.54) is 0 Å². The van der Waals surface area contributed by atoms with Gasteiger partial charge in [0.05, 0.1) is 19.2 Å². The van der Waals surface area contributed by atoms with Gasteiger partial charge in [-0.25, -0.2) is 0 Å². The first-order valence-electron chi connectivity index (χ1n) is 5.04. The second-order valence-corrected chi connectivity index (χ2v) is 3.70. The number of hydrogen-bond acceptors (Lipinski definition) is 3. The SMILES string of the molecule is CCN(CC#N)CC(=O)N(C)C1CC1. The lowest BCUT2D eigenvalue weighted by molar-refractivity contribution is -0.131. The quantitative estimate of drug-likeness (QED) is 0.598. The smallest absolute Gasteiger partial charge is 0.236 e. The molecule has 0 radical (unpaired) electrons. The summed E-state index contributed by atoms with van der Waals surface area (Å²) in [5, 5.41) is 8.52. The van der Waals surface area contributed by atoms with Crippen molar-refractivity contribution in [3.63, 3.8) is 0 Å². The Morgan fingerprint density at radius 1 is 1.57 bits per heavy atom. The molecule has 0 saturated heterocycles. The Bertz CT molecular complexity index is 242. The molecule has 0 heterocycles. The van der Waals surface area contributed by atoms with Crippen LogP contribution in [-0.4, -0.2) is 48.4 Å². The van der Waals surface area contributed by atoms with Crippen LogP contribution in [0.5, 0.6) is 0 Å². The first-order chi connectivity index (χ1) is 6.69. The average molecular weight is 195 g/mol. The second-order valence-electron chi connectivity index (χ2n) is 3.70. The summed E-state index contributed by atoms with van der Waals surface area (Å²) in [5.74, 6) is 0.129. The molecule has 0 spiro atoms. The van der Waals surface area contributed by atoms with Crippen LogP contribution in [0.25, 0.3) is 0 Å². The number of likely N-dealkylation sites (N-methyl/N-ethyl adjacent to an activating group) is 2. The summed E-state index contributed by atoms with van der Waals surface area (Å²) in [4.78, 5) is 15.3. The van der Waals surface area contributed by atoms with Gasteiger partial charge in [0.1, 0.15) is 0 Å². The number of hydrogen-bond donors (Lipinski definition) is 0. The molecule has 78 valence electrons. The molecule has 1 fully saturated rings. The van der Waals surface area contributed by atoms with Crippen LogP contribution in [0.3, 0.4) is 0 Å². The number of rotatable bonds is 5. The lowest BCUT2D eigenvalue weighted by Gasteiger charge is -2.21. The molecule has 1 rings (SSSR count). The minimum absolute atomic E-state index is 0.129. The van der Waals surface area contributed by atoms with E-state index in [0.29, 0.717) is 19.1 Å². The molecular formula is C10H17N3O. The third kappa shape index (κ3) is 3.00. The van der Waals surface area contributed by atoms with E-state index in [4.69, 9.17) is 5.26 Å². The van der Waals surface area contributed by atoms with E-state index in [0.717, 1.165) is 19.4 Å². The minimum atomic E-state index is 0.129. The molecule has 14 heavy (non-hydrogen) atoms. The molecule has 0 aromatic heterocycles. The van der Waals surface area contributed by atoms with Crippen molar-refractivity contribution in [1.29, 1.82) is 5.26 Å². The molecule has 0 bridgehead atoms. The van der Waals surface area contributed by atoms with Crippen molar-refractivity contribution in [3.05, 3.63) is 0 Å². The lowest BCUT2D eigenvalue weighted by Crippen LogP contribution is -2.39. The summed E-state index contributed by atoms with van der Waals surface area (Å²) in [6.45, 7) is 3.41. The molecule has 0 N–H and O–H groups in total. The van der Waals surface area contributed by atoms with Crippen molar-refractivity contribution in [2.75, 3.05) is 26.7 Å². The third-order valence-electron chi connectivity index (χ3n) is 2.59. The maximum atomic E-state index is 11.6. The highest BCUT2D eigenvalue weighted by Gasteiger charge is 2.29. The molecule has 1 aliphatic carbocycles. The summed E-state index contributed by atoms with van der Waals surface area (Å²) in [6, 6.07) is 2.52. The highest BCUT2D eigenvalue weighted by Crippen LogP contribution is 2.25. The Kier molecular flexibility index (Phi) is 3.90. The summed E-state index contributed by atoms with van der Waals surface area (Å²) in [6.07, 6.45) is 2.26. The Morgan fingerprint density at radius 2 is 2.21 bits per heavy atom. The van der Waals surface area contributed by atoms with E-state index in [1.807, 2.05) is 18.9 Å². The molecule has 0 aliphatic heterocycles. The van der Waals surface area contributed by atoms with E-state index < -0.39 is 0 Å². The van der Waals surface area contributed by atoms with Crippen LogP contribution in [0.1, 0.15) is 19.8 Å². The highest BCUT2D eigenvalue weighted by atomic mass is 16.2. The molecule has 0 aromatic rings. The summed E-state index contributed by atoms with van der Waals surface area (Å²) in [7, 11) is 1.85. The molecular weight excluding hydrogens is 178 g/mol. The van der Waals surface area contributed by atoms with Gasteiger partial charge in [0, 0.05) is 13.1 Å². The number of nitriles is 1. The molecule has 4 nitrogen and oxygen atoms in total. The van der Waals surface area contributed by atoms with Crippen LogP contribution in [0.4, 0.5) is 0 Å². The predicted molar refractivity (Wildman–Crippen MR) is 53.5 cm³/mol. The molecule has 0 unspecified atom stereocenters. The van der Waals surface area contributed by atoms with Crippen LogP contribution in [0.2, 0.25) is 0 Å². The Labute approximate surface area is 85.1 Å². The van der Waals surface area contributed by atoms with Crippen molar-refractivity contribution < 1.29 is 4.79 Å². The number of amides is 1. The Hall–Kier alpha value is -1.08. The maximum absolute atomic E-state index is 11.6. The van der Waals surface area contributed by atoms with Crippen molar-refractivity contribution in [3.8, 4) is 6.07 Å². The number of nitrogens with zero attached hydrogens (tertiary/aromatic N) is 3. The third-order valence-corrected chi connectivity index (χ3v) is 2.59. The summed E-state index contributed by atoms with van der Waals surface area (Å²) >= 11 is 0. The van der Waals surface area contributed by atoms with Gasteiger partial charge in [0.25, 0.3) is 0 Å². The van der Waals surface area contributed by atoms with Gasteiger partial charge >= 0.3 is 0 Å². The van der Waals surface area contributed by atoms with Crippen molar-refractivity contribution >= 4 is 5.91 Å². The van der Waals surface area contributed by atoms with Gasteiger partial charge in [0.15, 0.2) is 0 Å². The number of carbonyl (C=O) groups is 1. The van der Waals surface area contributed by atoms with Crippen LogP contribution in [0, 0.1) is 11.3 Å². The Morgan fingerprint density at radius 3 is 2.64 bits per heavy atom. The predicted octanol–water partition coefficient (Wildman–Crippen LogP) is 0.453. The fourth-order valence-electron chi connectivity index (χ4n) is 1.35. The van der Waals surface area contributed by atoms with E-state index in [1.54, 1.807) is 4.90 Å². The van der Waals surface area contributed by atoms with Crippen molar-refractivity contribution in [2.45, 2.75) is 25.8 Å². The van der Waals surface area contributed by atoms with Crippen molar-refractivity contribution in [1.82, 2.24) is 9.80 Å². The van der Waals surface area contributed by atoms with E-state index >= 15 is 0 Å². The monoisotopic (exact) mass is 195 g/mol. The van der Waals surface area contributed by atoms with Gasteiger partial charge in [-0.2, -0.15) is 5.26 Å². The average Bonchev–Trinajstić information content (AvgIpc) is 2.99. The molecule has 1 aliphatic rings. The summed E-state index contributed by atoms with van der Waals surface area (Å²) in [5.41, 5.74) is 0. The van der Waals surface area contributed by atoms with E-state index in [2.05, 4.69) is 6.07 Å². The van der Waals surface area contributed by atoms with E-state index in [-0.39, 0.29) is 5.91 Å². The van der Waals surface area contributed by atoms with Crippen LogP contribution in [0.15, 0.2) is 0 Å². The largest absolute Gasteiger partial charge is 0.342 e. The fourth-order valence-corrected chi connectivity index (χ4v) is 1.35. The van der Waals surface area contributed by atoms with Gasteiger partial charge in [-0.05, 0) is 19.4 Å². The topological polar surface area (TPSA) is 47.3 Å². The molecule has 1 saturated carbocycles. The van der Waals surface area contributed by atoms with Gasteiger partial charge in [0.2, 0.25) is 5.91 Å². The fraction of sp³-hybridized carbons (Fsp3) is 0.800. The first-order valence-corrected chi connectivity index (χ1v) is 5.04. The molecule has 1 amide bonds. The Balaban J connectivity index is 2.33. The van der Waals surface area contributed by atoms with Crippen LogP contribution >= 0.6 is 0 Å².